The van der Waals surface area contributed by atoms with Gasteiger partial charge in [0, 0.05) is 0 Å². The zero-order chi connectivity index (χ0) is 23.5. The maximum absolute atomic E-state index is 13.2. The lowest BCUT2D eigenvalue weighted by Crippen LogP contribution is -2.29. The fourth-order valence-electron chi connectivity index (χ4n) is 4.05. The van der Waals surface area contributed by atoms with E-state index in [2.05, 4.69) is 0 Å². The summed E-state index contributed by atoms with van der Waals surface area (Å²) in [6, 6.07) is 15.1. The lowest BCUT2D eigenvalue weighted by Gasteiger charge is -2.25. The molecular formula is C26H25NO6. The summed E-state index contributed by atoms with van der Waals surface area (Å²) >= 11 is 0. The molecule has 0 aliphatic carbocycles. The molecule has 0 radical (unpaired) electrons. The molecule has 7 nitrogen and oxygen atoms in total. The van der Waals surface area contributed by atoms with Crippen molar-refractivity contribution in [2.75, 3.05) is 13.7 Å². The zero-order valence-corrected chi connectivity index (χ0v) is 18.7. The number of carbonyl (C=O) groups excluding carboxylic acids is 2. The first-order chi connectivity index (χ1) is 15.9. The second-order valence-electron chi connectivity index (χ2n) is 7.72. The van der Waals surface area contributed by atoms with Crippen LogP contribution in [0, 0.1) is 6.92 Å². The van der Waals surface area contributed by atoms with Crippen molar-refractivity contribution in [1.29, 1.82) is 0 Å². The Balaban J connectivity index is 1.91. The smallest absolute Gasteiger partial charge is 0.296 e. The molecule has 3 aromatic rings. The molecular weight excluding hydrogens is 422 g/mol. The molecule has 1 atom stereocenters. The summed E-state index contributed by atoms with van der Waals surface area (Å²) < 4.78 is 16.5. The van der Waals surface area contributed by atoms with E-state index < -0.39 is 17.7 Å². The molecule has 1 amide bonds. The van der Waals surface area contributed by atoms with Gasteiger partial charge in [0.1, 0.15) is 23.0 Å². The lowest BCUT2D eigenvalue weighted by molar-refractivity contribution is -0.140. The molecule has 2 heterocycles. The van der Waals surface area contributed by atoms with Crippen LogP contribution in [0.25, 0.3) is 5.76 Å². The molecule has 0 bridgehead atoms. The van der Waals surface area contributed by atoms with Crippen LogP contribution in [0.2, 0.25) is 0 Å². The number of methoxy groups -OCH3 is 1. The molecule has 1 aromatic heterocycles. The number of aliphatic hydroxyl groups is 1. The number of furan rings is 1. The molecule has 33 heavy (non-hydrogen) atoms. The molecule has 170 valence electrons. The summed E-state index contributed by atoms with van der Waals surface area (Å²) in [4.78, 5) is 27.7. The minimum Gasteiger partial charge on any atom is -0.507 e. The highest BCUT2D eigenvalue weighted by Gasteiger charge is 2.46. The van der Waals surface area contributed by atoms with Crippen LogP contribution in [0.5, 0.6) is 11.5 Å². The highest BCUT2D eigenvalue weighted by molar-refractivity contribution is 6.46. The Hall–Kier alpha value is -4.00. The van der Waals surface area contributed by atoms with Crippen molar-refractivity contribution < 1.29 is 28.6 Å². The second kappa shape index (κ2) is 9.24. The Bertz CT molecular complexity index is 1210. The number of rotatable bonds is 7. The van der Waals surface area contributed by atoms with Gasteiger partial charge in [-0.2, -0.15) is 0 Å². The minimum absolute atomic E-state index is 0.0101. The minimum atomic E-state index is -0.833. The molecule has 0 spiro atoms. The summed E-state index contributed by atoms with van der Waals surface area (Å²) in [6.07, 6.45) is 1.51. The van der Waals surface area contributed by atoms with Crippen molar-refractivity contribution in [2.45, 2.75) is 26.4 Å². The number of benzene rings is 2. The lowest BCUT2D eigenvalue weighted by atomic mass is 9.94. The van der Waals surface area contributed by atoms with Gasteiger partial charge in [0.05, 0.1) is 43.7 Å². The zero-order valence-electron chi connectivity index (χ0n) is 18.7. The van der Waals surface area contributed by atoms with Gasteiger partial charge in [0.2, 0.25) is 0 Å². The summed E-state index contributed by atoms with van der Waals surface area (Å²) in [5.41, 5.74) is 1.85. The van der Waals surface area contributed by atoms with Crippen LogP contribution in [0.1, 0.15) is 35.4 Å². The van der Waals surface area contributed by atoms with Gasteiger partial charge >= 0.3 is 0 Å². The van der Waals surface area contributed by atoms with E-state index >= 15 is 0 Å². The van der Waals surface area contributed by atoms with Crippen molar-refractivity contribution in [3.8, 4) is 11.5 Å². The number of carbonyl (C=O) groups is 2. The number of ketones is 1. The van der Waals surface area contributed by atoms with Crippen LogP contribution in [-0.2, 0) is 16.1 Å². The van der Waals surface area contributed by atoms with E-state index in [9.17, 15) is 14.7 Å². The Labute approximate surface area is 191 Å². The molecule has 1 N–H and O–H groups in total. The third-order valence-corrected chi connectivity index (χ3v) is 5.54. The number of nitrogens with zero attached hydrogens (tertiary/aromatic N) is 1. The molecule has 0 saturated carbocycles. The number of aryl methyl sites for hydroxylation is 1. The number of ether oxygens (including phenoxy) is 2. The number of aliphatic hydroxyl groups excluding tert-OH is 1. The van der Waals surface area contributed by atoms with Crippen LogP contribution in [-0.4, -0.2) is 35.4 Å². The third-order valence-electron chi connectivity index (χ3n) is 5.54. The first-order valence-electron chi connectivity index (χ1n) is 10.6. The number of hydrogen-bond acceptors (Lipinski definition) is 6. The molecule has 1 unspecified atom stereocenters. The van der Waals surface area contributed by atoms with Gasteiger partial charge in [0.25, 0.3) is 11.7 Å². The van der Waals surface area contributed by atoms with E-state index in [0.29, 0.717) is 35.0 Å². The molecule has 7 heteroatoms. The number of Topliss-reactive ketones (excluding diaryl/α,β-unsaturated/α-hetero) is 1. The van der Waals surface area contributed by atoms with E-state index in [-0.39, 0.29) is 17.9 Å². The van der Waals surface area contributed by atoms with Gasteiger partial charge in [-0.3, -0.25) is 9.59 Å². The Kier molecular flexibility index (Phi) is 6.22. The quantitative estimate of drug-likeness (QED) is 0.323. The molecule has 4 rings (SSSR count). The fourth-order valence-corrected chi connectivity index (χ4v) is 4.05. The monoisotopic (exact) mass is 447 g/mol. The summed E-state index contributed by atoms with van der Waals surface area (Å²) in [6.45, 7) is 4.29. The van der Waals surface area contributed by atoms with E-state index in [1.165, 1.54) is 18.3 Å². The van der Waals surface area contributed by atoms with Crippen molar-refractivity contribution in [3.63, 3.8) is 0 Å². The average molecular weight is 447 g/mol. The molecule has 1 aliphatic heterocycles. The van der Waals surface area contributed by atoms with Crippen LogP contribution < -0.4 is 9.47 Å². The van der Waals surface area contributed by atoms with Crippen molar-refractivity contribution in [3.05, 3.63) is 88.9 Å². The topological polar surface area (TPSA) is 89.2 Å². The predicted octanol–water partition coefficient (Wildman–Crippen LogP) is 4.62. The Morgan fingerprint density at radius 3 is 2.64 bits per heavy atom. The molecule has 1 saturated heterocycles. The summed E-state index contributed by atoms with van der Waals surface area (Å²) in [7, 11) is 1.49. The largest absolute Gasteiger partial charge is 0.507 e. The normalized spacial score (nSPS) is 17.4. The SMILES string of the molecule is CCOc1cccc(C2/C(=C(\O)c3cc(C)ccc3OC)C(=O)C(=O)N2Cc2ccco2)c1. The number of hydrogen-bond donors (Lipinski definition) is 1. The molecule has 1 aliphatic rings. The maximum Gasteiger partial charge on any atom is 0.296 e. The van der Waals surface area contributed by atoms with E-state index in [1.807, 2.05) is 19.9 Å². The van der Waals surface area contributed by atoms with Gasteiger partial charge in [-0.05, 0) is 55.8 Å². The van der Waals surface area contributed by atoms with Crippen LogP contribution >= 0.6 is 0 Å². The highest BCUT2D eigenvalue weighted by Crippen LogP contribution is 2.42. The van der Waals surface area contributed by atoms with Crippen LogP contribution in [0.3, 0.4) is 0 Å². The maximum atomic E-state index is 13.2. The van der Waals surface area contributed by atoms with Crippen molar-refractivity contribution in [2.24, 2.45) is 0 Å². The summed E-state index contributed by atoms with van der Waals surface area (Å²) in [5, 5.41) is 11.3. The van der Waals surface area contributed by atoms with Crippen molar-refractivity contribution >= 4 is 17.4 Å². The first-order valence-corrected chi connectivity index (χ1v) is 10.6. The van der Waals surface area contributed by atoms with Crippen molar-refractivity contribution in [1.82, 2.24) is 4.90 Å². The highest BCUT2D eigenvalue weighted by atomic mass is 16.5. The predicted molar refractivity (Wildman–Crippen MR) is 122 cm³/mol. The second-order valence-corrected chi connectivity index (χ2v) is 7.72. The van der Waals surface area contributed by atoms with E-state index in [4.69, 9.17) is 13.9 Å². The van der Waals surface area contributed by atoms with Gasteiger partial charge in [0.15, 0.2) is 0 Å². The average Bonchev–Trinajstić information content (AvgIpc) is 3.41. The van der Waals surface area contributed by atoms with Gasteiger partial charge < -0.3 is 23.9 Å². The molecule has 2 aromatic carbocycles. The molecule has 1 fully saturated rings. The van der Waals surface area contributed by atoms with Gasteiger partial charge in [-0.25, -0.2) is 0 Å². The standard InChI is InChI=1S/C26H25NO6/c1-4-32-18-8-5-7-17(14-18)23-22(24(28)20-13-16(2)10-11-21(20)31-3)25(29)26(30)27(23)15-19-9-6-12-33-19/h5-14,23,28H,4,15H2,1-3H3/b24-22+. The fraction of sp³-hybridized carbons (Fsp3) is 0.231. The third kappa shape index (κ3) is 4.22. The van der Waals surface area contributed by atoms with E-state index in [0.717, 1.165) is 5.56 Å². The Morgan fingerprint density at radius 1 is 1.12 bits per heavy atom. The van der Waals surface area contributed by atoms with Gasteiger partial charge in [-0.1, -0.05) is 23.8 Å². The first kappa shape index (κ1) is 22.2. The number of amides is 1. The summed E-state index contributed by atoms with van der Waals surface area (Å²) in [5.74, 6) is -0.247. The van der Waals surface area contributed by atoms with E-state index in [1.54, 1.807) is 48.5 Å². The van der Waals surface area contributed by atoms with Gasteiger partial charge in [-0.15, -0.1) is 0 Å². The van der Waals surface area contributed by atoms with Crippen LogP contribution in [0.15, 0.2) is 70.9 Å². The Morgan fingerprint density at radius 2 is 1.94 bits per heavy atom. The van der Waals surface area contributed by atoms with Crippen LogP contribution in [0.4, 0.5) is 0 Å². The number of likely N-dealkylation sites (tertiary alicyclic amines) is 1.